The van der Waals surface area contributed by atoms with Crippen molar-refractivity contribution in [3.05, 3.63) is 47.6 Å². The van der Waals surface area contributed by atoms with Crippen LogP contribution in [-0.2, 0) is 24.1 Å². The van der Waals surface area contributed by atoms with E-state index in [2.05, 4.69) is 15.5 Å². The maximum absolute atomic E-state index is 8.90. The Morgan fingerprint density at radius 2 is 2.29 bits per heavy atom. The van der Waals surface area contributed by atoms with Crippen LogP contribution in [0.2, 0.25) is 0 Å². The number of rotatable bonds is 7. The first-order valence-electron chi connectivity index (χ1n) is 7.07. The first-order valence-corrected chi connectivity index (χ1v) is 7.07. The Bertz CT molecular complexity index is 567. The normalized spacial score (nSPS) is 16.6. The number of hydrogen-bond acceptors (Lipinski definition) is 6. The van der Waals surface area contributed by atoms with Crippen molar-refractivity contribution in [2.75, 3.05) is 19.8 Å². The summed E-state index contributed by atoms with van der Waals surface area (Å²) in [5.41, 5.74) is 1.94. The van der Waals surface area contributed by atoms with Crippen LogP contribution in [0.25, 0.3) is 0 Å². The third kappa shape index (κ3) is 3.47. The van der Waals surface area contributed by atoms with Crippen LogP contribution in [0.3, 0.4) is 0 Å². The highest BCUT2D eigenvalue weighted by atomic mass is 16.5. The van der Waals surface area contributed by atoms with Gasteiger partial charge in [0.15, 0.2) is 0 Å². The zero-order valence-electron chi connectivity index (χ0n) is 11.8. The van der Waals surface area contributed by atoms with Gasteiger partial charge >= 0.3 is 0 Å². The summed E-state index contributed by atoms with van der Waals surface area (Å²) < 4.78 is 10.6. The number of aliphatic hydroxyl groups excluding tert-OH is 1. The molecule has 0 radical (unpaired) electrons. The van der Waals surface area contributed by atoms with Crippen molar-refractivity contribution in [2.45, 2.75) is 24.9 Å². The fraction of sp³-hybridized carbons (Fsp3) is 0.467. The highest BCUT2D eigenvalue weighted by molar-refractivity contribution is 5.14. The quantitative estimate of drug-likeness (QED) is 0.781. The molecule has 0 spiro atoms. The van der Waals surface area contributed by atoms with Crippen molar-refractivity contribution < 1.29 is 14.4 Å². The Morgan fingerprint density at radius 3 is 2.95 bits per heavy atom. The third-order valence-electron chi connectivity index (χ3n) is 3.63. The van der Waals surface area contributed by atoms with Crippen molar-refractivity contribution in [2.24, 2.45) is 0 Å². The minimum absolute atomic E-state index is 0.0716. The maximum atomic E-state index is 8.90. The highest BCUT2D eigenvalue weighted by Crippen LogP contribution is 2.23. The SMILES string of the molecule is OCCc1cc(CC2(NCc3cccnc3)COC2)no1. The second-order valence-corrected chi connectivity index (χ2v) is 5.42. The maximum Gasteiger partial charge on any atom is 0.139 e. The highest BCUT2D eigenvalue weighted by Gasteiger charge is 2.39. The third-order valence-corrected chi connectivity index (χ3v) is 3.63. The number of hydrogen-bond donors (Lipinski definition) is 2. The van der Waals surface area contributed by atoms with Gasteiger partial charge in [0.25, 0.3) is 0 Å². The summed E-state index contributed by atoms with van der Waals surface area (Å²) in [7, 11) is 0. The van der Waals surface area contributed by atoms with Gasteiger partial charge in [-0.15, -0.1) is 0 Å². The van der Waals surface area contributed by atoms with E-state index in [0.29, 0.717) is 19.6 Å². The molecular weight excluding hydrogens is 270 g/mol. The van der Waals surface area contributed by atoms with Crippen LogP contribution < -0.4 is 5.32 Å². The minimum atomic E-state index is -0.0940. The van der Waals surface area contributed by atoms with E-state index in [1.54, 1.807) is 6.20 Å². The molecule has 6 heteroatoms. The van der Waals surface area contributed by atoms with E-state index >= 15 is 0 Å². The lowest BCUT2D eigenvalue weighted by atomic mass is 9.91. The smallest absolute Gasteiger partial charge is 0.139 e. The summed E-state index contributed by atoms with van der Waals surface area (Å²) in [6, 6.07) is 5.88. The molecule has 0 aliphatic carbocycles. The molecule has 3 rings (SSSR count). The van der Waals surface area contributed by atoms with Gasteiger partial charge in [0.2, 0.25) is 0 Å². The Labute approximate surface area is 123 Å². The Hall–Kier alpha value is -1.76. The fourth-order valence-corrected chi connectivity index (χ4v) is 2.42. The molecule has 6 nitrogen and oxygen atoms in total. The number of pyridine rings is 1. The van der Waals surface area contributed by atoms with Gasteiger partial charge in [-0.2, -0.15) is 0 Å². The number of aromatic nitrogens is 2. The molecule has 0 atom stereocenters. The van der Waals surface area contributed by atoms with Gasteiger partial charge in [0, 0.05) is 37.8 Å². The van der Waals surface area contributed by atoms with Gasteiger partial charge in [-0.1, -0.05) is 11.2 Å². The summed E-state index contributed by atoms with van der Waals surface area (Å²) in [4.78, 5) is 4.11. The lowest BCUT2D eigenvalue weighted by Gasteiger charge is -2.42. The second kappa shape index (κ2) is 6.34. The van der Waals surface area contributed by atoms with Crippen molar-refractivity contribution in [1.29, 1.82) is 0 Å². The van der Waals surface area contributed by atoms with E-state index in [-0.39, 0.29) is 12.1 Å². The molecule has 1 aliphatic heterocycles. The van der Waals surface area contributed by atoms with Gasteiger partial charge in [-0.25, -0.2) is 0 Å². The van der Waals surface area contributed by atoms with Crippen LogP contribution >= 0.6 is 0 Å². The van der Waals surface area contributed by atoms with Crippen molar-refractivity contribution in [1.82, 2.24) is 15.5 Å². The molecule has 1 fully saturated rings. The predicted octanol–water partition coefficient (Wildman–Crippen LogP) is 0.706. The molecule has 0 saturated carbocycles. The summed E-state index contributed by atoms with van der Waals surface area (Å²) in [6.45, 7) is 2.14. The van der Waals surface area contributed by atoms with Crippen LogP contribution in [0.1, 0.15) is 17.0 Å². The average Bonchev–Trinajstić information content (AvgIpc) is 2.90. The topological polar surface area (TPSA) is 80.4 Å². The van der Waals surface area contributed by atoms with Crippen LogP contribution in [0.5, 0.6) is 0 Å². The number of nitrogens with zero attached hydrogens (tertiary/aromatic N) is 2. The summed E-state index contributed by atoms with van der Waals surface area (Å²) >= 11 is 0. The summed E-state index contributed by atoms with van der Waals surface area (Å²) in [5, 5.41) is 16.5. The number of ether oxygens (including phenoxy) is 1. The van der Waals surface area contributed by atoms with Gasteiger partial charge in [0.05, 0.1) is 31.1 Å². The Morgan fingerprint density at radius 1 is 1.38 bits per heavy atom. The van der Waals surface area contributed by atoms with Crippen LogP contribution in [0, 0.1) is 0 Å². The van der Waals surface area contributed by atoms with Gasteiger partial charge in [0.1, 0.15) is 5.76 Å². The van der Waals surface area contributed by atoms with Crippen LogP contribution in [-0.4, -0.2) is 40.6 Å². The second-order valence-electron chi connectivity index (χ2n) is 5.42. The van der Waals surface area contributed by atoms with Crippen molar-refractivity contribution >= 4 is 0 Å². The molecule has 21 heavy (non-hydrogen) atoms. The fourth-order valence-electron chi connectivity index (χ4n) is 2.42. The molecule has 0 unspecified atom stereocenters. The molecule has 1 aliphatic rings. The standard InChI is InChI=1S/C15H19N3O3/c19-5-3-14-6-13(18-21-14)7-15(10-20-11-15)17-9-12-2-1-4-16-8-12/h1-2,4,6,8,17,19H,3,5,7,9-11H2. The van der Waals surface area contributed by atoms with E-state index in [1.165, 1.54) is 0 Å². The average molecular weight is 289 g/mol. The van der Waals surface area contributed by atoms with Crippen molar-refractivity contribution in [3.63, 3.8) is 0 Å². The lowest BCUT2D eigenvalue weighted by molar-refractivity contribution is -0.0755. The molecular formula is C15H19N3O3. The molecule has 112 valence electrons. The molecule has 2 aromatic rings. The number of nitrogens with one attached hydrogen (secondary N) is 1. The van der Waals surface area contributed by atoms with E-state index in [9.17, 15) is 0 Å². The zero-order chi connectivity index (χ0) is 14.5. The molecule has 2 N–H and O–H groups in total. The Kier molecular flexibility index (Phi) is 4.28. The van der Waals surface area contributed by atoms with Crippen molar-refractivity contribution in [3.8, 4) is 0 Å². The van der Waals surface area contributed by atoms with Crippen LogP contribution in [0.15, 0.2) is 35.1 Å². The monoisotopic (exact) mass is 289 g/mol. The van der Waals surface area contributed by atoms with Gasteiger partial charge in [-0.3, -0.25) is 4.98 Å². The molecule has 0 bridgehead atoms. The lowest BCUT2D eigenvalue weighted by Crippen LogP contribution is -2.61. The number of aliphatic hydroxyl groups is 1. The van der Waals surface area contributed by atoms with E-state index in [1.807, 2.05) is 24.4 Å². The van der Waals surface area contributed by atoms with Gasteiger partial charge < -0.3 is 19.7 Å². The Balaban J connectivity index is 1.60. The first kappa shape index (κ1) is 14.2. The van der Waals surface area contributed by atoms with E-state index in [4.69, 9.17) is 14.4 Å². The van der Waals surface area contributed by atoms with Gasteiger partial charge in [-0.05, 0) is 11.6 Å². The summed E-state index contributed by atoms with van der Waals surface area (Å²) in [5.74, 6) is 0.718. The van der Waals surface area contributed by atoms with E-state index in [0.717, 1.165) is 30.0 Å². The largest absolute Gasteiger partial charge is 0.396 e. The molecule has 3 heterocycles. The molecule has 1 saturated heterocycles. The molecule has 0 amide bonds. The van der Waals surface area contributed by atoms with E-state index < -0.39 is 0 Å². The molecule has 0 aromatic carbocycles. The van der Waals surface area contributed by atoms with Crippen LogP contribution in [0.4, 0.5) is 0 Å². The zero-order valence-corrected chi connectivity index (χ0v) is 11.8. The predicted molar refractivity (Wildman–Crippen MR) is 75.6 cm³/mol. The minimum Gasteiger partial charge on any atom is -0.396 e. The first-order chi connectivity index (χ1) is 10.3. The summed E-state index contributed by atoms with van der Waals surface area (Å²) in [6.07, 6.45) is 4.88. The molecule has 2 aromatic heterocycles.